The van der Waals surface area contributed by atoms with Gasteiger partial charge in [-0.1, -0.05) is 15.9 Å². The maximum Gasteiger partial charge on any atom is 0.503 e. The highest BCUT2D eigenvalue weighted by Gasteiger charge is 2.06. The van der Waals surface area contributed by atoms with Crippen LogP contribution in [0.15, 0.2) is 0 Å². The van der Waals surface area contributed by atoms with E-state index in [0.717, 1.165) is 11.9 Å². The van der Waals surface area contributed by atoms with Gasteiger partial charge in [0.15, 0.2) is 0 Å². The number of hydrogen-bond acceptors (Lipinski definition) is 2. The topological polar surface area (TPSA) is 69.6 Å². The van der Waals surface area contributed by atoms with Gasteiger partial charge >= 0.3 is 6.16 Å². The molecule has 14 heavy (non-hydrogen) atoms. The molecule has 0 atom stereocenters. The lowest BCUT2D eigenvalue weighted by atomic mass is 10.1. The zero-order valence-electron chi connectivity index (χ0n) is 9.01. The Morgan fingerprint density at radius 1 is 1.29 bits per heavy atom. The minimum Gasteiger partial charge on any atom is -0.450 e. The number of carboxylic acid groups (broad SMARTS) is 2. The fourth-order valence-corrected chi connectivity index (χ4v) is 1.08. The van der Waals surface area contributed by atoms with Crippen LogP contribution in [0.5, 0.6) is 0 Å². The van der Waals surface area contributed by atoms with Crippen LogP contribution in [0.2, 0.25) is 0 Å². The molecule has 0 aromatic rings. The first-order chi connectivity index (χ1) is 6.29. The quantitative estimate of drug-likeness (QED) is 0.542. The Morgan fingerprint density at radius 2 is 1.71 bits per heavy atom. The molecule has 0 saturated carbocycles. The molecule has 0 rings (SSSR count). The van der Waals surface area contributed by atoms with Crippen LogP contribution < -0.4 is 5.32 Å². The van der Waals surface area contributed by atoms with Gasteiger partial charge in [0.25, 0.3) is 0 Å². The summed E-state index contributed by atoms with van der Waals surface area (Å²) >= 11 is 3.40. The highest BCUT2D eigenvalue weighted by atomic mass is 79.9. The Kier molecular flexibility index (Phi) is 10.7. The van der Waals surface area contributed by atoms with Crippen molar-refractivity contribution in [3.63, 3.8) is 0 Å². The summed E-state index contributed by atoms with van der Waals surface area (Å²) in [6.07, 6.45) is 0.700. The van der Waals surface area contributed by atoms with E-state index in [-0.39, 0.29) is 5.54 Å². The van der Waals surface area contributed by atoms with E-state index in [1.165, 1.54) is 12.8 Å². The highest BCUT2D eigenvalue weighted by Crippen LogP contribution is 1.99. The van der Waals surface area contributed by atoms with Crippen molar-refractivity contribution in [1.82, 2.24) is 5.32 Å². The predicted molar refractivity (Wildman–Crippen MR) is 61.4 cm³/mol. The van der Waals surface area contributed by atoms with Crippen molar-refractivity contribution >= 4 is 22.1 Å². The number of rotatable bonds is 4. The van der Waals surface area contributed by atoms with Gasteiger partial charge in [0.05, 0.1) is 0 Å². The molecule has 0 heterocycles. The average Bonchev–Trinajstić information content (AvgIpc) is 1.95. The number of hydrogen-bond donors (Lipinski definition) is 3. The second-order valence-electron chi connectivity index (χ2n) is 3.86. The molecule has 0 aliphatic heterocycles. The molecule has 0 radical (unpaired) electrons. The fourth-order valence-electron chi connectivity index (χ4n) is 0.683. The van der Waals surface area contributed by atoms with Gasteiger partial charge < -0.3 is 15.5 Å². The van der Waals surface area contributed by atoms with Crippen molar-refractivity contribution in [2.24, 2.45) is 0 Å². The number of carbonyl (C=O) groups is 1. The third-order valence-electron chi connectivity index (χ3n) is 1.22. The number of alkyl halides is 1. The fraction of sp³-hybridized carbons (Fsp3) is 0.889. The molecule has 0 aliphatic carbocycles. The van der Waals surface area contributed by atoms with Crippen molar-refractivity contribution < 1.29 is 15.0 Å². The molecule has 0 aromatic carbocycles. The summed E-state index contributed by atoms with van der Waals surface area (Å²) in [4.78, 5) is 8.56. The molecule has 0 aliphatic rings. The molecule has 3 N–H and O–H groups in total. The highest BCUT2D eigenvalue weighted by molar-refractivity contribution is 9.09. The van der Waals surface area contributed by atoms with Gasteiger partial charge in [-0.25, -0.2) is 4.79 Å². The van der Waals surface area contributed by atoms with Crippen molar-refractivity contribution in [3.8, 4) is 0 Å². The Morgan fingerprint density at radius 3 is 2.00 bits per heavy atom. The molecule has 4 nitrogen and oxygen atoms in total. The second-order valence-corrected chi connectivity index (χ2v) is 4.65. The first-order valence-corrected chi connectivity index (χ1v) is 5.64. The van der Waals surface area contributed by atoms with E-state index in [9.17, 15) is 0 Å². The molecule has 0 aromatic heterocycles. The molecule has 0 saturated heterocycles. The molecule has 0 spiro atoms. The Bertz CT molecular complexity index is 141. The van der Waals surface area contributed by atoms with Crippen LogP contribution in [0.1, 0.15) is 33.6 Å². The second kappa shape index (κ2) is 9.27. The van der Waals surface area contributed by atoms with E-state index in [4.69, 9.17) is 15.0 Å². The van der Waals surface area contributed by atoms with Gasteiger partial charge in [-0.05, 0) is 40.2 Å². The third kappa shape index (κ3) is 29.8. The van der Waals surface area contributed by atoms with Gasteiger partial charge in [0.2, 0.25) is 0 Å². The van der Waals surface area contributed by atoms with Crippen LogP contribution in [0.25, 0.3) is 0 Å². The lowest BCUT2D eigenvalue weighted by Gasteiger charge is -2.20. The summed E-state index contributed by atoms with van der Waals surface area (Å²) in [5.41, 5.74) is 0.284. The molecule has 0 bridgehead atoms. The van der Waals surface area contributed by atoms with E-state index in [1.807, 2.05) is 0 Å². The van der Waals surface area contributed by atoms with Crippen molar-refractivity contribution in [2.45, 2.75) is 39.2 Å². The lowest BCUT2D eigenvalue weighted by Crippen LogP contribution is -2.36. The molecule has 0 fully saturated rings. The maximum atomic E-state index is 8.56. The van der Waals surface area contributed by atoms with Crippen molar-refractivity contribution in [2.75, 3.05) is 11.9 Å². The summed E-state index contributed by atoms with van der Waals surface area (Å²) in [5, 5.41) is 18.5. The smallest absolute Gasteiger partial charge is 0.450 e. The molecule has 0 unspecified atom stereocenters. The van der Waals surface area contributed by atoms with Gasteiger partial charge in [-0.15, -0.1) is 0 Å². The van der Waals surface area contributed by atoms with Crippen LogP contribution in [0.3, 0.4) is 0 Å². The van der Waals surface area contributed by atoms with E-state index >= 15 is 0 Å². The Labute approximate surface area is 93.8 Å². The van der Waals surface area contributed by atoms with Crippen LogP contribution in [0.4, 0.5) is 4.79 Å². The molecular formula is C9H20BrNO3. The lowest BCUT2D eigenvalue weighted by molar-refractivity contribution is 0.137. The number of halogens is 1. The monoisotopic (exact) mass is 269 g/mol. The van der Waals surface area contributed by atoms with Gasteiger partial charge in [-0.2, -0.15) is 0 Å². The Hall–Kier alpha value is -0.290. The van der Waals surface area contributed by atoms with Crippen molar-refractivity contribution in [1.29, 1.82) is 0 Å². The third-order valence-corrected chi connectivity index (χ3v) is 1.78. The predicted octanol–water partition coefficient (Wildman–Crippen LogP) is 2.77. The van der Waals surface area contributed by atoms with E-state index in [1.54, 1.807) is 0 Å². The van der Waals surface area contributed by atoms with Gasteiger partial charge in [0, 0.05) is 10.9 Å². The molecule has 86 valence electrons. The average molecular weight is 270 g/mol. The minimum absolute atomic E-state index is 0.284. The zero-order valence-corrected chi connectivity index (χ0v) is 10.6. The summed E-state index contributed by atoms with van der Waals surface area (Å²) in [5.74, 6) is 0. The molecule has 0 amide bonds. The van der Waals surface area contributed by atoms with Gasteiger partial charge in [-0.3, -0.25) is 0 Å². The zero-order chi connectivity index (χ0) is 11.6. The van der Waals surface area contributed by atoms with Crippen LogP contribution >= 0.6 is 15.9 Å². The van der Waals surface area contributed by atoms with Crippen molar-refractivity contribution in [3.05, 3.63) is 0 Å². The largest absolute Gasteiger partial charge is 0.503 e. The van der Waals surface area contributed by atoms with Gasteiger partial charge in [0.1, 0.15) is 0 Å². The normalized spacial score (nSPS) is 10.3. The SMILES string of the molecule is CC(C)(C)NCCCCBr.O=C(O)O. The summed E-state index contributed by atoms with van der Waals surface area (Å²) in [7, 11) is 0. The maximum absolute atomic E-state index is 8.56. The van der Waals surface area contributed by atoms with Crippen LogP contribution in [0, 0.1) is 0 Å². The van der Waals surface area contributed by atoms with E-state index < -0.39 is 6.16 Å². The number of nitrogens with one attached hydrogen (secondary N) is 1. The Balaban J connectivity index is 0. The molecule has 5 heteroatoms. The van der Waals surface area contributed by atoms with Crippen LogP contribution in [-0.2, 0) is 0 Å². The minimum atomic E-state index is -1.83. The van der Waals surface area contributed by atoms with E-state index in [0.29, 0.717) is 0 Å². The van der Waals surface area contributed by atoms with E-state index in [2.05, 4.69) is 42.0 Å². The summed E-state index contributed by atoms with van der Waals surface area (Å²) in [6.45, 7) is 7.72. The first-order valence-electron chi connectivity index (χ1n) is 4.52. The summed E-state index contributed by atoms with van der Waals surface area (Å²) < 4.78 is 0. The van der Waals surface area contributed by atoms with Crippen LogP contribution in [-0.4, -0.2) is 33.8 Å². The standard InChI is InChI=1S/C8H18BrN.CH2O3/c1-8(2,3)10-7-5-4-6-9;2-1(3)4/h10H,4-7H2,1-3H3;(H2,2,3,4). The first kappa shape index (κ1) is 16.2. The summed E-state index contributed by atoms with van der Waals surface area (Å²) in [6, 6.07) is 0. The number of unbranched alkanes of at least 4 members (excludes halogenated alkanes) is 1. The molecular weight excluding hydrogens is 250 g/mol.